The van der Waals surface area contributed by atoms with Crippen LogP contribution in [0.2, 0.25) is 0 Å². The van der Waals surface area contributed by atoms with E-state index in [1.807, 2.05) is 20.8 Å². The molecular formula is C14H28N2O2. The number of hydrogen-bond acceptors (Lipinski definition) is 3. The second-order valence-corrected chi connectivity index (χ2v) is 7.53. The van der Waals surface area contributed by atoms with Crippen molar-refractivity contribution in [2.75, 3.05) is 0 Å². The van der Waals surface area contributed by atoms with Crippen LogP contribution in [0.25, 0.3) is 0 Å². The molecule has 106 valence electrons. The Hall–Kier alpha value is -0.770. The minimum atomic E-state index is -0.478. The SMILES string of the molecule is CC(C)(C)OC(=O)NC(C(C)(C)C)C1(N)CCC1. The van der Waals surface area contributed by atoms with Crippen molar-refractivity contribution in [3.8, 4) is 0 Å². The Morgan fingerprint density at radius 2 is 1.72 bits per heavy atom. The van der Waals surface area contributed by atoms with Gasteiger partial charge in [0.25, 0.3) is 0 Å². The van der Waals surface area contributed by atoms with Gasteiger partial charge in [0.1, 0.15) is 5.60 Å². The minimum Gasteiger partial charge on any atom is -0.444 e. The fourth-order valence-electron chi connectivity index (χ4n) is 2.52. The Morgan fingerprint density at radius 1 is 1.22 bits per heavy atom. The van der Waals surface area contributed by atoms with Crippen LogP contribution < -0.4 is 11.1 Å². The summed E-state index contributed by atoms with van der Waals surface area (Å²) in [7, 11) is 0. The van der Waals surface area contributed by atoms with E-state index in [-0.39, 0.29) is 23.1 Å². The van der Waals surface area contributed by atoms with Crippen molar-refractivity contribution in [2.45, 2.75) is 78.0 Å². The summed E-state index contributed by atoms with van der Waals surface area (Å²) in [4.78, 5) is 11.9. The van der Waals surface area contributed by atoms with Crippen LogP contribution >= 0.6 is 0 Å². The molecule has 1 saturated carbocycles. The molecule has 0 aliphatic heterocycles. The average molecular weight is 256 g/mol. The molecule has 1 atom stereocenters. The van der Waals surface area contributed by atoms with E-state index in [0.29, 0.717) is 0 Å². The normalized spacial score (nSPS) is 20.8. The molecule has 3 N–H and O–H groups in total. The van der Waals surface area contributed by atoms with Gasteiger partial charge in [-0.2, -0.15) is 0 Å². The molecule has 0 spiro atoms. The number of alkyl carbamates (subject to hydrolysis) is 1. The first-order valence-electron chi connectivity index (χ1n) is 6.72. The fourth-order valence-corrected chi connectivity index (χ4v) is 2.52. The first-order chi connectivity index (χ1) is 7.94. The maximum Gasteiger partial charge on any atom is 0.407 e. The van der Waals surface area contributed by atoms with E-state index in [1.165, 1.54) is 0 Å². The van der Waals surface area contributed by atoms with Crippen LogP contribution in [0, 0.1) is 5.41 Å². The zero-order valence-corrected chi connectivity index (χ0v) is 12.6. The molecule has 0 heterocycles. The summed E-state index contributed by atoms with van der Waals surface area (Å²) >= 11 is 0. The predicted molar refractivity (Wildman–Crippen MR) is 73.4 cm³/mol. The van der Waals surface area contributed by atoms with Gasteiger partial charge >= 0.3 is 6.09 Å². The molecule has 1 fully saturated rings. The summed E-state index contributed by atoms with van der Waals surface area (Å²) < 4.78 is 5.32. The number of rotatable bonds is 2. The lowest BCUT2D eigenvalue weighted by molar-refractivity contribution is 0.0321. The minimum absolute atomic E-state index is 0.0615. The molecule has 1 rings (SSSR count). The highest BCUT2D eigenvalue weighted by molar-refractivity contribution is 5.68. The van der Waals surface area contributed by atoms with E-state index in [9.17, 15) is 4.79 Å². The van der Waals surface area contributed by atoms with Gasteiger partial charge in [-0.1, -0.05) is 20.8 Å². The lowest BCUT2D eigenvalue weighted by Gasteiger charge is -2.50. The third kappa shape index (κ3) is 3.87. The second-order valence-electron chi connectivity index (χ2n) is 7.53. The van der Waals surface area contributed by atoms with Gasteiger partial charge in [0, 0.05) is 5.54 Å². The maximum absolute atomic E-state index is 11.9. The molecule has 1 aliphatic carbocycles. The molecule has 1 unspecified atom stereocenters. The number of hydrogen-bond donors (Lipinski definition) is 2. The van der Waals surface area contributed by atoms with Crippen molar-refractivity contribution in [1.29, 1.82) is 0 Å². The highest BCUT2D eigenvalue weighted by atomic mass is 16.6. The first kappa shape index (κ1) is 15.3. The van der Waals surface area contributed by atoms with Crippen molar-refractivity contribution in [3.63, 3.8) is 0 Å². The van der Waals surface area contributed by atoms with Gasteiger partial charge in [-0.15, -0.1) is 0 Å². The van der Waals surface area contributed by atoms with Crippen LogP contribution in [0.1, 0.15) is 60.8 Å². The summed E-state index contributed by atoms with van der Waals surface area (Å²) in [5.74, 6) is 0. The van der Waals surface area contributed by atoms with Crippen molar-refractivity contribution < 1.29 is 9.53 Å². The zero-order valence-electron chi connectivity index (χ0n) is 12.6. The van der Waals surface area contributed by atoms with E-state index < -0.39 is 5.60 Å². The summed E-state index contributed by atoms with van der Waals surface area (Å²) in [6, 6.07) is -0.0615. The van der Waals surface area contributed by atoms with Crippen LogP contribution in [-0.4, -0.2) is 23.3 Å². The molecule has 0 saturated heterocycles. The van der Waals surface area contributed by atoms with E-state index in [2.05, 4.69) is 26.1 Å². The lowest BCUT2D eigenvalue weighted by atomic mass is 9.64. The van der Waals surface area contributed by atoms with Crippen LogP contribution in [-0.2, 0) is 4.74 Å². The Morgan fingerprint density at radius 3 is 2.00 bits per heavy atom. The molecule has 18 heavy (non-hydrogen) atoms. The van der Waals surface area contributed by atoms with Gasteiger partial charge in [-0.3, -0.25) is 0 Å². The van der Waals surface area contributed by atoms with Crippen LogP contribution in [0.4, 0.5) is 4.79 Å². The number of nitrogens with one attached hydrogen (secondary N) is 1. The van der Waals surface area contributed by atoms with Crippen LogP contribution in [0.15, 0.2) is 0 Å². The van der Waals surface area contributed by atoms with Gasteiger partial charge < -0.3 is 15.8 Å². The quantitative estimate of drug-likeness (QED) is 0.798. The molecule has 1 aliphatic rings. The van der Waals surface area contributed by atoms with Crippen molar-refractivity contribution in [1.82, 2.24) is 5.32 Å². The Balaban J connectivity index is 2.72. The van der Waals surface area contributed by atoms with Gasteiger partial charge in [-0.05, 0) is 45.4 Å². The smallest absolute Gasteiger partial charge is 0.407 e. The molecule has 0 aromatic heterocycles. The van der Waals surface area contributed by atoms with Gasteiger partial charge in [0.05, 0.1) is 6.04 Å². The Labute approximate surface area is 111 Å². The van der Waals surface area contributed by atoms with Crippen molar-refractivity contribution in [3.05, 3.63) is 0 Å². The zero-order chi connectivity index (χ0) is 14.2. The molecular weight excluding hydrogens is 228 g/mol. The summed E-state index contributed by atoms with van der Waals surface area (Å²) in [6.45, 7) is 11.9. The van der Waals surface area contributed by atoms with E-state index in [4.69, 9.17) is 10.5 Å². The topological polar surface area (TPSA) is 64.3 Å². The molecule has 0 aromatic rings. The number of ether oxygens (including phenoxy) is 1. The first-order valence-corrected chi connectivity index (χ1v) is 6.72. The number of carbonyl (C=O) groups excluding carboxylic acids is 1. The molecule has 0 radical (unpaired) electrons. The van der Waals surface area contributed by atoms with E-state index in [0.717, 1.165) is 19.3 Å². The lowest BCUT2D eigenvalue weighted by Crippen LogP contribution is -2.67. The maximum atomic E-state index is 11.9. The third-order valence-corrected chi connectivity index (χ3v) is 3.39. The highest BCUT2D eigenvalue weighted by Crippen LogP contribution is 2.39. The third-order valence-electron chi connectivity index (χ3n) is 3.39. The van der Waals surface area contributed by atoms with Crippen molar-refractivity contribution >= 4 is 6.09 Å². The monoisotopic (exact) mass is 256 g/mol. The van der Waals surface area contributed by atoms with E-state index >= 15 is 0 Å². The van der Waals surface area contributed by atoms with Crippen molar-refractivity contribution in [2.24, 2.45) is 11.1 Å². The highest BCUT2D eigenvalue weighted by Gasteiger charge is 2.47. The second kappa shape index (κ2) is 4.72. The fraction of sp³-hybridized carbons (Fsp3) is 0.929. The van der Waals surface area contributed by atoms with Crippen LogP contribution in [0.5, 0.6) is 0 Å². The molecule has 0 bridgehead atoms. The summed E-state index contributed by atoms with van der Waals surface area (Å²) in [5.41, 5.74) is 5.54. The van der Waals surface area contributed by atoms with Gasteiger partial charge in [-0.25, -0.2) is 4.79 Å². The number of carbonyl (C=O) groups is 1. The van der Waals surface area contributed by atoms with Gasteiger partial charge in [0.2, 0.25) is 0 Å². The summed E-state index contributed by atoms with van der Waals surface area (Å²) in [5, 5.41) is 2.97. The number of amides is 1. The standard InChI is InChI=1S/C14H28N2O2/c1-12(2,3)10(14(15)8-7-9-14)16-11(17)18-13(4,5)6/h10H,7-9,15H2,1-6H3,(H,16,17). The average Bonchev–Trinajstić information content (AvgIpc) is 2.05. The molecule has 1 amide bonds. The van der Waals surface area contributed by atoms with Gasteiger partial charge in [0.15, 0.2) is 0 Å². The predicted octanol–water partition coefficient (Wildman–Crippen LogP) is 2.81. The Kier molecular flexibility index (Phi) is 4.01. The molecule has 4 heteroatoms. The van der Waals surface area contributed by atoms with Crippen LogP contribution in [0.3, 0.4) is 0 Å². The number of nitrogens with two attached hydrogens (primary N) is 1. The largest absolute Gasteiger partial charge is 0.444 e. The Bertz CT molecular complexity index is 309. The molecule has 0 aromatic carbocycles. The van der Waals surface area contributed by atoms with E-state index in [1.54, 1.807) is 0 Å². The molecule has 4 nitrogen and oxygen atoms in total. The summed E-state index contributed by atoms with van der Waals surface area (Å²) in [6.07, 6.45) is 2.69.